The molecule has 1 saturated heterocycles. The van der Waals surface area contributed by atoms with Gasteiger partial charge in [-0.25, -0.2) is 0 Å². The molecule has 2 aliphatic rings. The molecule has 0 aromatic heterocycles. The van der Waals surface area contributed by atoms with Crippen molar-refractivity contribution >= 4 is 18.3 Å². The van der Waals surface area contributed by atoms with Crippen LogP contribution >= 0.6 is 12.4 Å². The van der Waals surface area contributed by atoms with Crippen LogP contribution in [0.15, 0.2) is 0 Å². The maximum Gasteiger partial charge on any atom is 0.239 e. The number of halogens is 1. The van der Waals surface area contributed by atoms with Gasteiger partial charge in [0.2, 0.25) is 5.91 Å². The maximum atomic E-state index is 11.9. The second-order valence-electron chi connectivity index (χ2n) is 4.78. The zero-order valence-electron chi connectivity index (χ0n) is 10.2. The number of rotatable bonds is 2. The number of hydrogen-bond acceptors (Lipinski definition) is 3. The summed E-state index contributed by atoms with van der Waals surface area (Å²) in [5, 5.41) is 6.33. The van der Waals surface area contributed by atoms with E-state index in [1.54, 1.807) is 0 Å². The number of nitrogens with one attached hydrogen (secondary N) is 2. The Balaban J connectivity index is 0.00000144. The Bertz CT molecular complexity index is 225. The zero-order valence-corrected chi connectivity index (χ0v) is 11.1. The topological polar surface area (TPSA) is 50.4 Å². The third-order valence-corrected chi connectivity index (χ3v) is 3.44. The van der Waals surface area contributed by atoms with Crippen LogP contribution in [0.5, 0.6) is 0 Å². The zero-order chi connectivity index (χ0) is 11.2. The van der Waals surface area contributed by atoms with Crippen LogP contribution in [0.1, 0.15) is 38.5 Å². The molecule has 1 heterocycles. The quantitative estimate of drug-likeness (QED) is 0.736. The number of amides is 1. The van der Waals surface area contributed by atoms with Gasteiger partial charge in [0.15, 0.2) is 0 Å². The highest BCUT2D eigenvalue weighted by Crippen LogP contribution is 2.17. The predicted molar refractivity (Wildman–Crippen MR) is 69.5 cm³/mol. The van der Waals surface area contributed by atoms with Crippen molar-refractivity contribution in [2.75, 3.05) is 19.8 Å². The van der Waals surface area contributed by atoms with Crippen LogP contribution in [0.3, 0.4) is 0 Å². The minimum Gasteiger partial charge on any atom is -0.378 e. The molecule has 1 unspecified atom stereocenters. The molecule has 1 saturated carbocycles. The molecule has 1 aliphatic carbocycles. The van der Waals surface area contributed by atoms with E-state index in [2.05, 4.69) is 10.6 Å². The van der Waals surface area contributed by atoms with Crippen molar-refractivity contribution in [3.63, 3.8) is 0 Å². The fourth-order valence-electron chi connectivity index (χ4n) is 2.46. The summed E-state index contributed by atoms with van der Waals surface area (Å²) in [6.07, 6.45) is 7.41. The molecule has 2 fully saturated rings. The Labute approximate surface area is 109 Å². The van der Waals surface area contributed by atoms with Crippen molar-refractivity contribution in [1.29, 1.82) is 0 Å². The van der Waals surface area contributed by atoms with Crippen LogP contribution in [-0.2, 0) is 9.53 Å². The predicted octanol–water partition coefficient (Wildman–Crippen LogP) is 1.24. The van der Waals surface area contributed by atoms with Gasteiger partial charge in [-0.2, -0.15) is 0 Å². The van der Waals surface area contributed by atoms with Gasteiger partial charge in [-0.1, -0.05) is 25.7 Å². The number of carbonyl (C=O) groups excluding carboxylic acids is 1. The Morgan fingerprint density at radius 1 is 1.18 bits per heavy atom. The standard InChI is InChI=1S/C12H22N2O2.ClH/c15-12(11-9-16-8-7-13-11)14-10-5-3-1-2-4-6-10;/h10-11,13H,1-9H2,(H,14,15);1H. The molecule has 1 atom stereocenters. The first kappa shape index (κ1) is 14.7. The lowest BCUT2D eigenvalue weighted by atomic mass is 10.1. The van der Waals surface area contributed by atoms with Crippen LogP contribution in [0.4, 0.5) is 0 Å². The van der Waals surface area contributed by atoms with Crippen LogP contribution < -0.4 is 10.6 Å². The van der Waals surface area contributed by atoms with E-state index in [0.717, 1.165) is 19.4 Å². The van der Waals surface area contributed by atoms with Crippen molar-refractivity contribution < 1.29 is 9.53 Å². The van der Waals surface area contributed by atoms with Gasteiger partial charge >= 0.3 is 0 Å². The highest BCUT2D eigenvalue weighted by Gasteiger charge is 2.23. The van der Waals surface area contributed by atoms with Gasteiger partial charge in [0.1, 0.15) is 6.04 Å². The summed E-state index contributed by atoms with van der Waals surface area (Å²) in [6.45, 7) is 2.01. The summed E-state index contributed by atoms with van der Waals surface area (Å²) in [5.41, 5.74) is 0. The molecule has 1 aliphatic heterocycles. The molecule has 4 nitrogen and oxygen atoms in total. The number of ether oxygens (including phenoxy) is 1. The average molecular weight is 263 g/mol. The fourth-order valence-corrected chi connectivity index (χ4v) is 2.46. The lowest BCUT2D eigenvalue weighted by Gasteiger charge is -2.25. The normalized spacial score (nSPS) is 26.7. The lowest BCUT2D eigenvalue weighted by molar-refractivity contribution is -0.126. The summed E-state index contributed by atoms with van der Waals surface area (Å²) in [7, 11) is 0. The van der Waals surface area contributed by atoms with Crippen molar-refractivity contribution in [2.45, 2.75) is 50.6 Å². The van der Waals surface area contributed by atoms with Crippen molar-refractivity contribution in [3.05, 3.63) is 0 Å². The molecule has 100 valence electrons. The van der Waals surface area contributed by atoms with Crippen LogP contribution in [-0.4, -0.2) is 37.7 Å². The molecule has 0 spiro atoms. The molecule has 2 N–H and O–H groups in total. The summed E-state index contributed by atoms with van der Waals surface area (Å²) >= 11 is 0. The first-order chi connectivity index (χ1) is 7.86. The first-order valence-corrected chi connectivity index (χ1v) is 6.48. The Hall–Kier alpha value is -0.320. The lowest BCUT2D eigenvalue weighted by Crippen LogP contribution is -2.53. The molecule has 17 heavy (non-hydrogen) atoms. The monoisotopic (exact) mass is 262 g/mol. The van der Waals surface area contributed by atoms with E-state index < -0.39 is 0 Å². The SMILES string of the molecule is Cl.O=C(NC1CCCCCC1)C1COCCN1. The van der Waals surface area contributed by atoms with Gasteiger partial charge < -0.3 is 15.4 Å². The number of carbonyl (C=O) groups is 1. The van der Waals surface area contributed by atoms with Crippen LogP contribution in [0.2, 0.25) is 0 Å². The van der Waals surface area contributed by atoms with E-state index in [1.807, 2.05) is 0 Å². The third-order valence-electron chi connectivity index (χ3n) is 3.44. The number of hydrogen-bond donors (Lipinski definition) is 2. The highest BCUT2D eigenvalue weighted by atomic mass is 35.5. The van der Waals surface area contributed by atoms with E-state index >= 15 is 0 Å². The summed E-state index contributed by atoms with van der Waals surface area (Å²) in [4.78, 5) is 11.9. The minimum absolute atomic E-state index is 0. The van der Waals surface area contributed by atoms with Crippen LogP contribution in [0, 0.1) is 0 Å². The smallest absolute Gasteiger partial charge is 0.239 e. The number of morpholine rings is 1. The van der Waals surface area contributed by atoms with Gasteiger partial charge in [-0.3, -0.25) is 4.79 Å². The van der Waals surface area contributed by atoms with Crippen molar-refractivity contribution in [3.8, 4) is 0 Å². The highest BCUT2D eigenvalue weighted by molar-refractivity contribution is 5.85. The van der Waals surface area contributed by atoms with Crippen molar-refractivity contribution in [1.82, 2.24) is 10.6 Å². The summed E-state index contributed by atoms with van der Waals surface area (Å²) < 4.78 is 5.29. The minimum atomic E-state index is -0.142. The Morgan fingerprint density at radius 3 is 2.47 bits per heavy atom. The largest absolute Gasteiger partial charge is 0.378 e. The fraction of sp³-hybridized carbons (Fsp3) is 0.917. The second kappa shape index (κ2) is 7.90. The van der Waals surface area contributed by atoms with Gasteiger partial charge in [-0.15, -0.1) is 12.4 Å². The van der Waals surface area contributed by atoms with Gasteiger partial charge in [-0.05, 0) is 12.8 Å². The maximum absolute atomic E-state index is 11.9. The molecule has 0 aromatic carbocycles. The van der Waals surface area contributed by atoms with Gasteiger partial charge in [0.05, 0.1) is 13.2 Å². The summed E-state index contributed by atoms with van der Waals surface area (Å²) in [5.74, 6) is 0.117. The molecular formula is C12H23ClN2O2. The molecule has 1 amide bonds. The average Bonchev–Trinajstić information content (AvgIpc) is 2.59. The molecule has 0 aromatic rings. The molecular weight excluding hydrogens is 240 g/mol. The third kappa shape index (κ3) is 4.82. The van der Waals surface area contributed by atoms with E-state index in [4.69, 9.17) is 4.74 Å². The van der Waals surface area contributed by atoms with Crippen molar-refractivity contribution in [2.24, 2.45) is 0 Å². The molecule has 2 rings (SSSR count). The Morgan fingerprint density at radius 2 is 1.88 bits per heavy atom. The van der Waals surface area contributed by atoms with Gasteiger partial charge in [0.25, 0.3) is 0 Å². The van der Waals surface area contributed by atoms with E-state index in [-0.39, 0.29) is 24.4 Å². The molecule has 5 heteroatoms. The first-order valence-electron chi connectivity index (χ1n) is 6.48. The molecule has 0 bridgehead atoms. The van der Waals surface area contributed by atoms with Gasteiger partial charge in [0, 0.05) is 12.6 Å². The summed E-state index contributed by atoms with van der Waals surface area (Å²) in [6, 6.07) is 0.246. The van der Waals surface area contributed by atoms with Crippen LogP contribution in [0.25, 0.3) is 0 Å². The second-order valence-corrected chi connectivity index (χ2v) is 4.78. The van der Waals surface area contributed by atoms with E-state index in [1.165, 1.54) is 25.7 Å². The molecule has 0 radical (unpaired) electrons. The van der Waals surface area contributed by atoms with E-state index in [0.29, 0.717) is 19.3 Å². The van der Waals surface area contributed by atoms with E-state index in [9.17, 15) is 4.79 Å². The Kier molecular flexibility index (Phi) is 6.85.